The van der Waals surface area contributed by atoms with E-state index in [2.05, 4.69) is 4.74 Å². The molecule has 0 aromatic carbocycles. The summed E-state index contributed by atoms with van der Waals surface area (Å²) in [6.45, 7) is 4.28. The Morgan fingerprint density at radius 2 is 1.72 bits per heavy atom. The molecule has 18 heavy (non-hydrogen) atoms. The van der Waals surface area contributed by atoms with Crippen LogP contribution in [-0.2, 0) is 23.8 Å². The Labute approximate surface area is 109 Å². The summed E-state index contributed by atoms with van der Waals surface area (Å²) < 4.78 is 14.9. The van der Waals surface area contributed by atoms with Gasteiger partial charge >= 0.3 is 5.97 Å². The SMILES string of the molecule is COCC(C)(C)[C@@H](OC)C(=O)CCCC(=O)OC. The highest BCUT2D eigenvalue weighted by Crippen LogP contribution is 2.25. The van der Waals surface area contributed by atoms with Crippen molar-refractivity contribution >= 4 is 11.8 Å². The Hall–Kier alpha value is -0.940. The molecule has 0 bridgehead atoms. The zero-order valence-electron chi connectivity index (χ0n) is 11.9. The lowest BCUT2D eigenvalue weighted by atomic mass is 9.83. The van der Waals surface area contributed by atoms with E-state index in [1.54, 1.807) is 7.11 Å². The smallest absolute Gasteiger partial charge is 0.305 e. The molecule has 0 radical (unpaired) electrons. The summed E-state index contributed by atoms with van der Waals surface area (Å²) in [4.78, 5) is 23.0. The van der Waals surface area contributed by atoms with Crippen molar-refractivity contribution in [2.45, 2.75) is 39.2 Å². The number of methoxy groups -OCH3 is 3. The maximum Gasteiger partial charge on any atom is 0.305 e. The quantitative estimate of drug-likeness (QED) is 0.589. The highest BCUT2D eigenvalue weighted by atomic mass is 16.5. The number of hydrogen-bond acceptors (Lipinski definition) is 5. The fraction of sp³-hybridized carbons (Fsp3) is 0.846. The number of rotatable bonds is 9. The largest absolute Gasteiger partial charge is 0.469 e. The number of carbonyl (C=O) groups excluding carboxylic acids is 2. The first-order valence-electron chi connectivity index (χ1n) is 6.00. The molecular formula is C13H24O5. The van der Waals surface area contributed by atoms with Gasteiger partial charge in [0, 0.05) is 32.5 Å². The zero-order chi connectivity index (χ0) is 14.2. The molecule has 0 amide bonds. The van der Waals surface area contributed by atoms with Gasteiger partial charge in [-0.1, -0.05) is 13.8 Å². The van der Waals surface area contributed by atoms with Gasteiger partial charge in [0.1, 0.15) is 6.10 Å². The molecule has 5 nitrogen and oxygen atoms in total. The van der Waals surface area contributed by atoms with Crippen molar-refractivity contribution in [3.63, 3.8) is 0 Å². The first-order chi connectivity index (χ1) is 8.38. The molecular weight excluding hydrogens is 236 g/mol. The number of Topliss-reactive ketones (excluding diaryl/α,β-unsaturated/α-hetero) is 1. The maximum atomic E-state index is 12.0. The number of carbonyl (C=O) groups is 2. The summed E-state index contributed by atoms with van der Waals surface area (Å²) in [5.74, 6) is -0.309. The molecule has 5 heteroatoms. The third kappa shape index (κ3) is 5.60. The van der Waals surface area contributed by atoms with E-state index in [9.17, 15) is 9.59 Å². The highest BCUT2D eigenvalue weighted by molar-refractivity contribution is 5.84. The van der Waals surface area contributed by atoms with Gasteiger partial charge in [0.15, 0.2) is 5.78 Å². The molecule has 1 atom stereocenters. The van der Waals surface area contributed by atoms with Crippen molar-refractivity contribution in [3.8, 4) is 0 Å². The van der Waals surface area contributed by atoms with Gasteiger partial charge < -0.3 is 14.2 Å². The second kappa shape index (κ2) is 8.21. The molecule has 0 spiro atoms. The summed E-state index contributed by atoms with van der Waals surface area (Å²) >= 11 is 0. The van der Waals surface area contributed by atoms with Crippen molar-refractivity contribution in [3.05, 3.63) is 0 Å². The van der Waals surface area contributed by atoms with Crippen LogP contribution in [0.3, 0.4) is 0 Å². The van der Waals surface area contributed by atoms with Gasteiger partial charge in [0.25, 0.3) is 0 Å². The van der Waals surface area contributed by atoms with Crippen LogP contribution in [0.5, 0.6) is 0 Å². The molecule has 0 N–H and O–H groups in total. The molecule has 0 saturated heterocycles. The first-order valence-corrected chi connectivity index (χ1v) is 6.00. The van der Waals surface area contributed by atoms with Crippen molar-refractivity contribution in [2.75, 3.05) is 27.9 Å². The maximum absolute atomic E-state index is 12.0. The predicted octanol–water partition coefficient (Wildman–Crippen LogP) is 1.59. The van der Waals surface area contributed by atoms with E-state index < -0.39 is 6.10 Å². The number of hydrogen-bond donors (Lipinski definition) is 0. The Kier molecular flexibility index (Phi) is 7.78. The summed E-state index contributed by atoms with van der Waals surface area (Å²) in [5.41, 5.74) is -0.383. The van der Waals surface area contributed by atoms with E-state index >= 15 is 0 Å². The van der Waals surface area contributed by atoms with Gasteiger partial charge in [0.2, 0.25) is 0 Å². The van der Waals surface area contributed by atoms with Crippen LogP contribution < -0.4 is 0 Å². The van der Waals surface area contributed by atoms with Crippen LogP contribution in [0.15, 0.2) is 0 Å². The topological polar surface area (TPSA) is 61.8 Å². The van der Waals surface area contributed by atoms with Gasteiger partial charge in [-0.3, -0.25) is 9.59 Å². The fourth-order valence-corrected chi connectivity index (χ4v) is 1.97. The van der Waals surface area contributed by atoms with Crippen LogP contribution in [-0.4, -0.2) is 45.8 Å². The van der Waals surface area contributed by atoms with Crippen LogP contribution in [0, 0.1) is 5.41 Å². The number of ketones is 1. The molecule has 0 fully saturated rings. The second-order valence-corrected chi connectivity index (χ2v) is 4.93. The number of ether oxygens (including phenoxy) is 3. The van der Waals surface area contributed by atoms with E-state index in [4.69, 9.17) is 9.47 Å². The average molecular weight is 260 g/mol. The Morgan fingerprint density at radius 3 is 2.17 bits per heavy atom. The van der Waals surface area contributed by atoms with Gasteiger partial charge in [-0.05, 0) is 6.42 Å². The minimum atomic E-state index is -0.518. The summed E-state index contributed by atoms with van der Waals surface area (Å²) in [6.07, 6.45) is 0.522. The summed E-state index contributed by atoms with van der Waals surface area (Å²) in [5, 5.41) is 0. The van der Waals surface area contributed by atoms with E-state index in [0.717, 1.165) is 0 Å². The van der Waals surface area contributed by atoms with Crippen LogP contribution in [0.2, 0.25) is 0 Å². The summed E-state index contributed by atoms with van der Waals surface area (Å²) in [7, 11) is 4.44. The van der Waals surface area contributed by atoms with E-state index in [-0.39, 0.29) is 23.6 Å². The third-order valence-electron chi connectivity index (χ3n) is 2.79. The molecule has 0 saturated carbocycles. The van der Waals surface area contributed by atoms with Crippen LogP contribution in [0.25, 0.3) is 0 Å². The molecule has 0 aliphatic heterocycles. The van der Waals surface area contributed by atoms with Crippen LogP contribution in [0.1, 0.15) is 33.1 Å². The lowest BCUT2D eigenvalue weighted by molar-refractivity contribution is -0.141. The average Bonchev–Trinajstić information content (AvgIpc) is 2.29. The van der Waals surface area contributed by atoms with Crippen LogP contribution in [0.4, 0.5) is 0 Å². The Balaban J connectivity index is 4.31. The van der Waals surface area contributed by atoms with Crippen molar-refractivity contribution in [1.29, 1.82) is 0 Å². The first kappa shape index (κ1) is 17.1. The molecule has 0 aromatic rings. The van der Waals surface area contributed by atoms with Crippen LogP contribution >= 0.6 is 0 Å². The standard InChI is InChI=1S/C13H24O5/c1-13(2,9-16-3)12(18-5)10(14)7-6-8-11(15)17-4/h12H,6-9H2,1-5H3/t12-/m0/s1. The zero-order valence-corrected chi connectivity index (χ0v) is 11.9. The van der Waals surface area contributed by atoms with Crippen molar-refractivity contribution in [1.82, 2.24) is 0 Å². The molecule has 0 rings (SSSR count). The number of esters is 1. The summed E-state index contributed by atoms with van der Waals surface area (Å²) in [6, 6.07) is 0. The third-order valence-corrected chi connectivity index (χ3v) is 2.79. The molecule has 106 valence electrons. The van der Waals surface area contributed by atoms with Gasteiger partial charge in [0.05, 0.1) is 13.7 Å². The van der Waals surface area contributed by atoms with E-state index in [1.165, 1.54) is 14.2 Å². The van der Waals surface area contributed by atoms with E-state index in [0.29, 0.717) is 19.4 Å². The van der Waals surface area contributed by atoms with Gasteiger partial charge in [-0.15, -0.1) is 0 Å². The minimum Gasteiger partial charge on any atom is -0.469 e. The van der Waals surface area contributed by atoms with E-state index in [1.807, 2.05) is 13.8 Å². The van der Waals surface area contributed by atoms with Gasteiger partial charge in [-0.25, -0.2) is 0 Å². The molecule has 0 aliphatic rings. The molecule has 0 heterocycles. The van der Waals surface area contributed by atoms with Gasteiger partial charge in [-0.2, -0.15) is 0 Å². The minimum absolute atomic E-state index is 0.0107. The fourth-order valence-electron chi connectivity index (χ4n) is 1.97. The van der Waals surface area contributed by atoms with Crippen molar-refractivity contribution < 1.29 is 23.8 Å². The molecule has 0 aromatic heterocycles. The lowest BCUT2D eigenvalue weighted by Gasteiger charge is -2.31. The lowest BCUT2D eigenvalue weighted by Crippen LogP contribution is -2.41. The van der Waals surface area contributed by atoms with Crippen molar-refractivity contribution in [2.24, 2.45) is 5.41 Å². The Bertz CT molecular complexity index is 273. The second-order valence-electron chi connectivity index (χ2n) is 4.93. The monoisotopic (exact) mass is 260 g/mol. The normalized spacial score (nSPS) is 13.2. The molecule has 0 aliphatic carbocycles. The highest BCUT2D eigenvalue weighted by Gasteiger charge is 2.34. The Morgan fingerprint density at radius 1 is 1.11 bits per heavy atom. The molecule has 0 unspecified atom stereocenters. The predicted molar refractivity (Wildman–Crippen MR) is 67.3 cm³/mol.